The van der Waals surface area contributed by atoms with Gasteiger partial charge in [0.15, 0.2) is 0 Å². The summed E-state index contributed by atoms with van der Waals surface area (Å²) in [7, 11) is 0. The lowest BCUT2D eigenvalue weighted by molar-refractivity contribution is -0.142. The molecule has 3 rings (SSSR count). The Balaban J connectivity index is 1.57. The topological polar surface area (TPSA) is 49.9 Å². The molecule has 0 N–H and O–H groups in total. The van der Waals surface area contributed by atoms with Crippen molar-refractivity contribution in [2.45, 2.75) is 39.2 Å². The lowest BCUT2D eigenvalue weighted by Gasteiger charge is -2.35. The molecule has 0 spiro atoms. The molecule has 23 heavy (non-hydrogen) atoms. The number of rotatable bonds is 3. The number of ether oxygens (including phenoxy) is 1. The highest BCUT2D eigenvalue weighted by Crippen LogP contribution is 2.24. The molecule has 2 fully saturated rings. The van der Waals surface area contributed by atoms with Gasteiger partial charge in [0, 0.05) is 37.7 Å². The summed E-state index contributed by atoms with van der Waals surface area (Å²) in [5.41, 5.74) is 1.20. The van der Waals surface area contributed by atoms with Crippen LogP contribution in [0.1, 0.15) is 39.9 Å². The van der Waals surface area contributed by atoms with Gasteiger partial charge < -0.3 is 14.5 Å². The monoisotopic (exact) mass is 336 g/mol. The molecule has 3 heterocycles. The van der Waals surface area contributed by atoms with E-state index < -0.39 is 0 Å². The zero-order chi connectivity index (χ0) is 16.4. The van der Waals surface area contributed by atoms with Gasteiger partial charge in [-0.05, 0) is 37.8 Å². The van der Waals surface area contributed by atoms with E-state index >= 15 is 0 Å². The van der Waals surface area contributed by atoms with Crippen molar-refractivity contribution in [3.63, 3.8) is 0 Å². The van der Waals surface area contributed by atoms with Gasteiger partial charge in [-0.2, -0.15) is 0 Å². The fourth-order valence-electron chi connectivity index (χ4n) is 3.24. The standard InChI is InChI=1S/C17H24N2O3S/c1-3-14-12(2)11-15(23-14)17(21)19-8-6-18(7-9-19)16(20)13-5-4-10-22-13/h11,13H,3-10H2,1-2H3. The van der Waals surface area contributed by atoms with Gasteiger partial charge in [-0.15, -0.1) is 11.3 Å². The Bertz CT molecular complexity index is 585. The van der Waals surface area contributed by atoms with Gasteiger partial charge in [-0.3, -0.25) is 9.59 Å². The second kappa shape index (κ2) is 7.01. The molecule has 0 aromatic carbocycles. The fraction of sp³-hybridized carbons (Fsp3) is 0.647. The van der Waals surface area contributed by atoms with E-state index in [0.717, 1.165) is 24.1 Å². The predicted octanol–water partition coefficient (Wildman–Crippen LogP) is 2.08. The number of thiophene rings is 1. The first kappa shape index (κ1) is 16.5. The average Bonchev–Trinajstić information content (AvgIpc) is 3.23. The zero-order valence-corrected chi connectivity index (χ0v) is 14.7. The van der Waals surface area contributed by atoms with Crippen LogP contribution >= 0.6 is 11.3 Å². The lowest BCUT2D eigenvalue weighted by Crippen LogP contribution is -2.52. The molecule has 1 aromatic heterocycles. The van der Waals surface area contributed by atoms with Crippen LogP contribution in [0.5, 0.6) is 0 Å². The maximum Gasteiger partial charge on any atom is 0.264 e. The van der Waals surface area contributed by atoms with E-state index in [0.29, 0.717) is 32.8 Å². The van der Waals surface area contributed by atoms with Crippen molar-refractivity contribution in [3.8, 4) is 0 Å². The first-order chi connectivity index (χ1) is 11.1. The van der Waals surface area contributed by atoms with Crippen molar-refractivity contribution in [1.29, 1.82) is 0 Å². The maximum atomic E-state index is 12.6. The molecule has 126 valence electrons. The number of aryl methyl sites for hydroxylation is 2. The molecule has 0 radical (unpaired) electrons. The van der Waals surface area contributed by atoms with Gasteiger partial charge in [0.1, 0.15) is 6.10 Å². The summed E-state index contributed by atoms with van der Waals surface area (Å²) < 4.78 is 5.47. The molecule has 2 aliphatic heterocycles. The van der Waals surface area contributed by atoms with Gasteiger partial charge in [0.05, 0.1) is 4.88 Å². The molecular formula is C17H24N2O3S. The summed E-state index contributed by atoms with van der Waals surface area (Å²) in [6.07, 6.45) is 2.50. The first-order valence-corrected chi connectivity index (χ1v) is 9.20. The van der Waals surface area contributed by atoms with E-state index in [9.17, 15) is 9.59 Å². The van der Waals surface area contributed by atoms with Gasteiger partial charge in [-0.25, -0.2) is 0 Å². The second-order valence-corrected chi connectivity index (χ2v) is 7.33. The number of amides is 2. The summed E-state index contributed by atoms with van der Waals surface area (Å²) in [4.78, 5) is 30.8. The van der Waals surface area contributed by atoms with Crippen LogP contribution in [0.25, 0.3) is 0 Å². The predicted molar refractivity (Wildman–Crippen MR) is 89.9 cm³/mol. The number of piperazine rings is 1. The van der Waals surface area contributed by atoms with Gasteiger partial charge >= 0.3 is 0 Å². The van der Waals surface area contributed by atoms with E-state index in [-0.39, 0.29) is 17.9 Å². The van der Waals surface area contributed by atoms with Crippen LogP contribution < -0.4 is 0 Å². The fourth-order valence-corrected chi connectivity index (χ4v) is 4.32. The lowest BCUT2D eigenvalue weighted by atomic mass is 10.2. The molecule has 1 atom stereocenters. The van der Waals surface area contributed by atoms with E-state index in [2.05, 4.69) is 13.8 Å². The second-order valence-electron chi connectivity index (χ2n) is 6.19. The Morgan fingerprint density at radius 2 is 1.96 bits per heavy atom. The summed E-state index contributed by atoms with van der Waals surface area (Å²) >= 11 is 1.60. The van der Waals surface area contributed by atoms with Gasteiger partial charge in [0.25, 0.3) is 11.8 Å². The molecule has 0 aliphatic carbocycles. The smallest absolute Gasteiger partial charge is 0.264 e. The Kier molecular flexibility index (Phi) is 5.02. The first-order valence-electron chi connectivity index (χ1n) is 8.39. The third-order valence-electron chi connectivity index (χ3n) is 4.64. The minimum Gasteiger partial charge on any atom is -0.368 e. The van der Waals surface area contributed by atoms with Crippen molar-refractivity contribution >= 4 is 23.2 Å². The summed E-state index contributed by atoms with van der Waals surface area (Å²) in [6, 6.07) is 2.00. The molecule has 0 saturated carbocycles. The number of carbonyl (C=O) groups is 2. The molecular weight excluding hydrogens is 312 g/mol. The molecule has 1 unspecified atom stereocenters. The average molecular weight is 336 g/mol. The van der Waals surface area contributed by atoms with Crippen LogP contribution in [0.4, 0.5) is 0 Å². The highest BCUT2D eigenvalue weighted by Gasteiger charge is 2.31. The Morgan fingerprint density at radius 3 is 2.52 bits per heavy atom. The van der Waals surface area contributed by atoms with Crippen LogP contribution in [-0.2, 0) is 16.0 Å². The van der Waals surface area contributed by atoms with Crippen molar-refractivity contribution in [1.82, 2.24) is 9.80 Å². The minimum atomic E-state index is -0.260. The molecule has 2 aliphatic rings. The summed E-state index contributed by atoms with van der Waals surface area (Å²) in [5.74, 6) is 0.192. The summed E-state index contributed by atoms with van der Waals surface area (Å²) in [5, 5.41) is 0. The molecule has 5 nitrogen and oxygen atoms in total. The molecule has 6 heteroatoms. The van der Waals surface area contributed by atoms with Gasteiger partial charge in [0.2, 0.25) is 0 Å². The van der Waals surface area contributed by atoms with Crippen LogP contribution in [-0.4, -0.2) is 60.5 Å². The number of hydrogen-bond acceptors (Lipinski definition) is 4. The van der Waals surface area contributed by atoms with E-state index in [1.54, 1.807) is 11.3 Å². The van der Waals surface area contributed by atoms with Crippen molar-refractivity contribution in [2.75, 3.05) is 32.8 Å². The zero-order valence-electron chi connectivity index (χ0n) is 13.8. The van der Waals surface area contributed by atoms with Crippen LogP contribution in [0.2, 0.25) is 0 Å². The van der Waals surface area contributed by atoms with Crippen LogP contribution in [0.15, 0.2) is 6.07 Å². The quantitative estimate of drug-likeness (QED) is 0.849. The Hall–Kier alpha value is -1.40. The molecule has 2 amide bonds. The number of carbonyl (C=O) groups excluding carboxylic acids is 2. The SMILES string of the molecule is CCc1sc(C(=O)N2CCN(C(=O)C3CCCO3)CC2)cc1C. The Morgan fingerprint density at radius 1 is 1.26 bits per heavy atom. The van der Waals surface area contributed by atoms with E-state index in [4.69, 9.17) is 4.74 Å². The normalized spacial score (nSPS) is 21.7. The summed E-state index contributed by atoms with van der Waals surface area (Å²) in [6.45, 7) is 7.29. The largest absolute Gasteiger partial charge is 0.368 e. The highest BCUT2D eigenvalue weighted by molar-refractivity contribution is 7.14. The van der Waals surface area contributed by atoms with Crippen molar-refractivity contribution in [3.05, 3.63) is 21.4 Å². The van der Waals surface area contributed by atoms with E-state index in [1.165, 1.54) is 10.4 Å². The Labute approximate surface area is 141 Å². The maximum absolute atomic E-state index is 12.6. The van der Waals surface area contributed by atoms with Gasteiger partial charge in [-0.1, -0.05) is 6.92 Å². The molecule has 0 bridgehead atoms. The van der Waals surface area contributed by atoms with Crippen molar-refractivity contribution in [2.24, 2.45) is 0 Å². The third-order valence-corrected chi connectivity index (χ3v) is 6.01. The molecule has 2 saturated heterocycles. The third kappa shape index (κ3) is 3.43. The van der Waals surface area contributed by atoms with E-state index in [1.807, 2.05) is 15.9 Å². The molecule has 1 aromatic rings. The van der Waals surface area contributed by atoms with Crippen LogP contribution in [0, 0.1) is 6.92 Å². The van der Waals surface area contributed by atoms with Crippen LogP contribution in [0.3, 0.4) is 0 Å². The number of nitrogens with zero attached hydrogens (tertiary/aromatic N) is 2. The minimum absolute atomic E-state index is 0.0924. The highest BCUT2D eigenvalue weighted by atomic mass is 32.1. The number of hydrogen-bond donors (Lipinski definition) is 0. The van der Waals surface area contributed by atoms with Crippen molar-refractivity contribution < 1.29 is 14.3 Å².